The van der Waals surface area contributed by atoms with Gasteiger partial charge in [-0.15, -0.1) is 5.10 Å². The smallest absolute Gasteiger partial charge is 0.176 e. The minimum absolute atomic E-state index is 0.660. The molecule has 0 saturated heterocycles. The number of fused-ring (bicyclic) bond motifs is 1. The summed E-state index contributed by atoms with van der Waals surface area (Å²) in [4.78, 5) is 0. The number of hydrogen-bond donors (Lipinski definition) is 1. The quantitative estimate of drug-likeness (QED) is 0.581. The topological polar surface area (TPSA) is 50.2 Å². The van der Waals surface area contributed by atoms with Crippen LogP contribution in [-0.2, 0) is 0 Å². The molecule has 0 aliphatic rings. The standard InChI is InChI=1S/C16H14N4/c1-12-6-2-3-7-13(12)10-17-19-16-15-9-5-4-8-14(15)11-18-20-16/h2-11H,1H3,(H,19,20)/b17-10+. The van der Waals surface area contributed by atoms with Gasteiger partial charge in [0.05, 0.1) is 12.4 Å². The lowest BCUT2D eigenvalue weighted by Gasteiger charge is -2.03. The number of hydrogen-bond acceptors (Lipinski definition) is 4. The fraction of sp³-hybridized carbons (Fsp3) is 0.0625. The molecular formula is C16H14N4. The van der Waals surface area contributed by atoms with Gasteiger partial charge in [0.15, 0.2) is 5.82 Å². The summed E-state index contributed by atoms with van der Waals surface area (Å²) in [5.41, 5.74) is 5.22. The van der Waals surface area contributed by atoms with Gasteiger partial charge >= 0.3 is 0 Å². The maximum atomic E-state index is 4.25. The van der Waals surface area contributed by atoms with Gasteiger partial charge in [0, 0.05) is 10.8 Å². The number of nitrogens with zero attached hydrogens (tertiary/aromatic N) is 3. The second-order valence-electron chi connectivity index (χ2n) is 4.51. The first-order valence-electron chi connectivity index (χ1n) is 6.40. The Kier molecular flexibility index (Phi) is 3.37. The van der Waals surface area contributed by atoms with E-state index in [4.69, 9.17) is 0 Å². The van der Waals surface area contributed by atoms with Crippen LogP contribution in [0.3, 0.4) is 0 Å². The number of aromatic nitrogens is 2. The fourth-order valence-electron chi connectivity index (χ4n) is 2.01. The van der Waals surface area contributed by atoms with Crippen molar-refractivity contribution in [2.75, 3.05) is 5.43 Å². The van der Waals surface area contributed by atoms with Crippen LogP contribution in [0, 0.1) is 6.92 Å². The van der Waals surface area contributed by atoms with Gasteiger partial charge < -0.3 is 0 Å². The van der Waals surface area contributed by atoms with E-state index in [1.165, 1.54) is 5.56 Å². The number of hydrazone groups is 1. The van der Waals surface area contributed by atoms with Crippen molar-refractivity contribution in [2.24, 2.45) is 5.10 Å². The molecule has 0 spiro atoms. The normalized spacial score (nSPS) is 11.1. The predicted molar refractivity (Wildman–Crippen MR) is 81.9 cm³/mol. The highest BCUT2D eigenvalue weighted by atomic mass is 15.3. The van der Waals surface area contributed by atoms with Crippen LogP contribution in [0.25, 0.3) is 10.8 Å². The molecule has 0 saturated carbocycles. The SMILES string of the molecule is Cc1ccccc1/C=N/Nc1nncc2ccccc12. The molecule has 0 aliphatic carbocycles. The van der Waals surface area contributed by atoms with Crippen LogP contribution >= 0.6 is 0 Å². The van der Waals surface area contributed by atoms with Crippen molar-refractivity contribution in [2.45, 2.75) is 6.92 Å². The van der Waals surface area contributed by atoms with E-state index in [-0.39, 0.29) is 0 Å². The average Bonchev–Trinajstić information content (AvgIpc) is 2.49. The van der Waals surface area contributed by atoms with Gasteiger partial charge in [-0.1, -0.05) is 48.5 Å². The summed E-state index contributed by atoms with van der Waals surface area (Å²) < 4.78 is 0. The van der Waals surface area contributed by atoms with E-state index >= 15 is 0 Å². The zero-order valence-electron chi connectivity index (χ0n) is 11.1. The van der Waals surface area contributed by atoms with Gasteiger partial charge in [-0.3, -0.25) is 5.43 Å². The van der Waals surface area contributed by atoms with Gasteiger partial charge in [0.2, 0.25) is 0 Å². The number of rotatable bonds is 3. The van der Waals surface area contributed by atoms with Crippen LogP contribution in [0.2, 0.25) is 0 Å². The molecule has 0 atom stereocenters. The molecule has 0 amide bonds. The van der Waals surface area contributed by atoms with Crippen LogP contribution in [0.5, 0.6) is 0 Å². The van der Waals surface area contributed by atoms with Crippen LogP contribution in [0.15, 0.2) is 59.8 Å². The molecule has 0 fully saturated rings. The third-order valence-electron chi connectivity index (χ3n) is 3.13. The molecule has 4 heteroatoms. The third kappa shape index (κ3) is 2.49. The monoisotopic (exact) mass is 262 g/mol. The largest absolute Gasteiger partial charge is 0.259 e. The Labute approximate surface area is 117 Å². The number of nitrogens with one attached hydrogen (secondary N) is 1. The first-order chi connectivity index (χ1) is 9.84. The molecule has 0 unspecified atom stereocenters. The molecule has 0 radical (unpaired) electrons. The maximum Gasteiger partial charge on any atom is 0.176 e. The van der Waals surface area contributed by atoms with E-state index in [0.717, 1.165) is 16.3 Å². The molecule has 2 aromatic carbocycles. The molecule has 1 N–H and O–H groups in total. The Balaban J connectivity index is 1.86. The molecule has 1 aromatic heterocycles. The lowest BCUT2D eigenvalue weighted by atomic mass is 10.1. The zero-order chi connectivity index (χ0) is 13.8. The highest BCUT2D eigenvalue weighted by Gasteiger charge is 2.00. The number of anilines is 1. The van der Waals surface area contributed by atoms with Crippen LogP contribution in [0.4, 0.5) is 5.82 Å². The van der Waals surface area contributed by atoms with E-state index in [2.05, 4.69) is 33.7 Å². The van der Waals surface area contributed by atoms with Crippen molar-refractivity contribution in [3.8, 4) is 0 Å². The molecule has 4 nitrogen and oxygen atoms in total. The van der Waals surface area contributed by atoms with Gasteiger partial charge in [0.25, 0.3) is 0 Å². The molecule has 20 heavy (non-hydrogen) atoms. The molecule has 3 rings (SSSR count). The van der Waals surface area contributed by atoms with E-state index in [9.17, 15) is 0 Å². The molecule has 0 aliphatic heterocycles. The lowest BCUT2D eigenvalue weighted by Crippen LogP contribution is -1.97. The van der Waals surface area contributed by atoms with Crippen molar-refractivity contribution in [1.82, 2.24) is 10.2 Å². The Bertz CT molecular complexity index is 760. The number of benzene rings is 2. The summed E-state index contributed by atoms with van der Waals surface area (Å²) in [5.74, 6) is 0.660. The Morgan fingerprint density at radius 3 is 2.75 bits per heavy atom. The van der Waals surface area contributed by atoms with E-state index in [1.54, 1.807) is 12.4 Å². The molecule has 0 bridgehead atoms. The minimum atomic E-state index is 0.660. The first-order valence-corrected chi connectivity index (χ1v) is 6.40. The lowest BCUT2D eigenvalue weighted by molar-refractivity contribution is 1.04. The third-order valence-corrected chi connectivity index (χ3v) is 3.13. The maximum absolute atomic E-state index is 4.25. The zero-order valence-corrected chi connectivity index (χ0v) is 11.1. The van der Waals surface area contributed by atoms with E-state index < -0.39 is 0 Å². The van der Waals surface area contributed by atoms with Crippen LogP contribution in [-0.4, -0.2) is 16.4 Å². The molecule has 3 aromatic rings. The summed E-state index contributed by atoms with van der Waals surface area (Å²) in [6, 6.07) is 16.0. The number of aryl methyl sites for hydroxylation is 1. The van der Waals surface area contributed by atoms with Gasteiger partial charge in [-0.25, -0.2) is 0 Å². The molecule has 1 heterocycles. The first kappa shape index (κ1) is 12.3. The van der Waals surface area contributed by atoms with Gasteiger partial charge in [-0.2, -0.15) is 10.2 Å². The Hall–Kier alpha value is -2.75. The van der Waals surface area contributed by atoms with Gasteiger partial charge in [-0.05, 0) is 18.1 Å². The molecule has 98 valence electrons. The van der Waals surface area contributed by atoms with Crippen LogP contribution in [0.1, 0.15) is 11.1 Å². The van der Waals surface area contributed by atoms with Crippen molar-refractivity contribution in [3.63, 3.8) is 0 Å². The van der Waals surface area contributed by atoms with Crippen LogP contribution < -0.4 is 5.43 Å². The van der Waals surface area contributed by atoms with Crippen molar-refractivity contribution >= 4 is 22.8 Å². The van der Waals surface area contributed by atoms with Crippen molar-refractivity contribution < 1.29 is 0 Å². The second-order valence-corrected chi connectivity index (χ2v) is 4.51. The average molecular weight is 262 g/mol. The summed E-state index contributed by atoms with van der Waals surface area (Å²) in [6.07, 6.45) is 3.53. The fourth-order valence-corrected chi connectivity index (χ4v) is 2.01. The summed E-state index contributed by atoms with van der Waals surface area (Å²) in [6.45, 7) is 2.05. The summed E-state index contributed by atoms with van der Waals surface area (Å²) >= 11 is 0. The molecular weight excluding hydrogens is 248 g/mol. The Morgan fingerprint density at radius 2 is 1.85 bits per heavy atom. The second kappa shape index (κ2) is 5.48. The highest BCUT2D eigenvalue weighted by molar-refractivity contribution is 5.91. The highest BCUT2D eigenvalue weighted by Crippen LogP contribution is 2.18. The minimum Gasteiger partial charge on any atom is -0.259 e. The predicted octanol–water partition coefficient (Wildman–Crippen LogP) is 3.38. The summed E-state index contributed by atoms with van der Waals surface area (Å²) in [5, 5.41) is 14.3. The van der Waals surface area contributed by atoms with Crippen molar-refractivity contribution in [1.29, 1.82) is 0 Å². The van der Waals surface area contributed by atoms with Gasteiger partial charge in [0.1, 0.15) is 0 Å². The van der Waals surface area contributed by atoms with E-state index in [0.29, 0.717) is 5.82 Å². The Morgan fingerprint density at radius 1 is 1.05 bits per heavy atom. The summed E-state index contributed by atoms with van der Waals surface area (Å²) in [7, 11) is 0. The van der Waals surface area contributed by atoms with Crippen molar-refractivity contribution in [3.05, 3.63) is 65.9 Å². The van der Waals surface area contributed by atoms with E-state index in [1.807, 2.05) is 42.5 Å².